The van der Waals surface area contributed by atoms with E-state index in [0.717, 1.165) is 18.4 Å². The Morgan fingerprint density at radius 3 is 2.74 bits per heavy atom. The molecule has 2 amide bonds. The predicted molar refractivity (Wildman–Crippen MR) is 99.0 cm³/mol. The second kappa shape index (κ2) is 8.44. The van der Waals surface area contributed by atoms with Crippen LogP contribution < -0.4 is 5.32 Å². The molecule has 0 aliphatic carbocycles. The van der Waals surface area contributed by atoms with Gasteiger partial charge in [-0.3, -0.25) is 14.6 Å². The number of rotatable bonds is 4. The minimum atomic E-state index is -0.725. The van der Waals surface area contributed by atoms with E-state index < -0.39 is 17.8 Å². The van der Waals surface area contributed by atoms with Gasteiger partial charge in [0.2, 0.25) is 0 Å². The molecule has 0 saturated carbocycles. The quantitative estimate of drug-likeness (QED) is 0.663. The van der Waals surface area contributed by atoms with Crippen molar-refractivity contribution in [1.29, 1.82) is 0 Å². The van der Waals surface area contributed by atoms with Gasteiger partial charge in [-0.2, -0.15) is 0 Å². The molecule has 3 rings (SSSR count). The molecule has 0 spiro atoms. The monoisotopic (exact) mass is 367 g/mol. The van der Waals surface area contributed by atoms with E-state index in [4.69, 9.17) is 4.74 Å². The minimum Gasteiger partial charge on any atom is -0.462 e. The summed E-state index contributed by atoms with van der Waals surface area (Å²) < 4.78 is 4.95. The molecule has 2 heterocycles. The average molecular weight is 367 g/mol. The number of esters is 1. The van der Waals surface area contributed by atoms with Gasteiger partial charge in [0.05, 0.1) is 18.2 Å². The average Bonchev–Trinajstić information content (AvgIpc) is 3.18. The summed E-state index contributed by atoms with van der Waals surface area (Å²) in [7, 11) is 0. The number of nitrogens with zero attached hydrogens (tertiary/aromatic N) is 2. The Kier molecular flexibility index (Phi) is 5.80. The highest BCUT2D eigenvalue weighted by atomic mass is 16.5. The molecule has 140 valence electrons. The number of pyridine rings is 1. The lowest BCUT2D eigenvalue weighted by atomic mass is 10.1. The second-order valence-corrected chi connectivity index (χ2v) is 6.19. The Labute approximate surface area is 157 Å². The molecule has 1 aromatic heterocycles. The first-order valence-corrected chi connectivity index (χ1v) is 8.89. The van der Waals surface area contributed by atoms with Crippen LogP contribution in [-0.2, 0) is 14.3 Å². The molecular formula is C20H21N3O4. The standard InChI is InChI=1S/C20H21N3O4/c1-2-27-20(26)15-5-3-6-16(13-15)22-18(24)19(25)23-12-4-7-17(23)14-8-10-21-11-9-14/h3,5-6,8-11,13,17H,2,4,7,12H2,1H3,(H,22,24). The molecule has 7 heteroatoms. The smallest absolute Gasteiger partial charge is 0.338 e. The first-order valence-electron chi connectivity index (χ1n) is 8.89. The Morgan fingerprint density at radius 1 is 1.22 bits per heavy atom. The van der Waals surface area contributed by atoms with Crippen LogP contribution in [0.2, 0.25) is 0 Å². The Bertz CT molecular complexity index is 838. The molecule has 1 fully saturated rings. The van der Waals surface area contributed by atoms with Crippen LogP contribution >= 0.6 is 0 Å². The van der Waals surface area contributed by atoms with Crippen molar-refractivity contribution in [1.82, 2.24) is 9.88 Å². The van der Waals surface area contributed by atoms with Crippen molar-refractivity contribution in [3.8, 4) is 0 Å². The molecule has 1 saturated heterocycles. The summed E-state index contributed by atoms with van der Waals surface area (Å²) in [6.45, 7) is 2.51. The lowest BCUT2D eigenvalue weighted by Gasteiger charge is -2.24. The van der Waals surface area contributed by atoms with Gasteiger partial charge < -0.3 is 15.0 Å². The summed E-state index contributed by atoms with van der Waals surface area (Å²) in [5, 5.41) is 2.58. The van der Waals surface area contributed by atoms with Crippen molar-refractivity contribution >= 4 is 23.5 Å². The molecule has 0 radical (unpaired) electrons. The van der Waals surface area contributed by atoms with Gasteiger partial charge in [0.1, 0.15) is 0 Å². The van der Waals surface area contributed by atoms with Crippen molar-refractivity contribution < 1.29 is 19.1 Å². The van der Waals surface area contributed by atoms with Crippen molar-refractivity contribution in [2.45, 2.75) is 25.8 Å². The van der Waals surface area contributed by atoms with Crippen LogP contribution in [0.1, 0.15) is 41.7 Å². The maximum atomic E-state index is 12.7. The van der Waals surface area contributed by atoms with Gasteiger partial charge in [-0.05, 0) is 55.7 Å². The Hall–Kier alpha value is -3.22. The van der Waals surface area contributed by atoms with Gasteiger partial charge in [0, 0.05) is 24.6 Å². The van der Waals surface area contributed by atoms with E-state index in [1.165, 1.54) is 6.07 Å². The van der Waals surface area contributed by atoms with Crippen LogP contribution in [0.15, 0.2) is 48.8 Å². The number of amides is 2. The number of aromatic nitrogens is 1. The third-order valence-corrected chi connectivity index (χ3v) is 4.43. The summed E-state index contributed by atoms with van der Waals surface area (Å²) in [5.41, 5.74) is 1.66. The number of carbonyl (C=O) groups is 3. The zero-order valence-corrected chi connectivity index (χ0v) is 15.1. The summed E-state index contributed by atoms with van der Waals surface area (Å²) in [5.74, 6) is -1.79. The van der Waals surface area contributed by atoms with E-state index in [9.17, 15) is 14.4 Å². The molecule has 0 bridgehead atoms. The number of anilines is 1. The maximum absolute atomic E-state index is 12.7. The fourth-order valence-electron chi connectivity index (χ4n) is 3.20. The molecule has 7 nitrogen and oxygen atoms in total. The van der Waals surface area contributed by atoms with Gasteiger partial charge in [0.15, 0.2) is 0 Å². The van der Waals surface area contributed by atoms with Crippen LogP contribution in [0.4, 0.5) is 5.69 Å². The van der Waals surface area contributed by atoms with Crippen LogP contribution in [-0.4, -0.2) is 40.8 Å². The third kappa shape index (κ3) is 4.31. The zero-order chi connectivity index (χ0) is 19.2. The molecule has 1 aliphatic heterocycles. The molecule has 2 aromatic rings. The third-order valence-electron chi connectivity index (χ3n) is 4.43. The largest absolute Gasteiger partial charge is 0.462 e. The number of benzene rings is 1. The molecule has 27 heavy (non-hydrogen) atoms. The molecule has 1 atom stereocenters. The predicted octanol–water partition coefficient (Wildman–Crippen LogP) is 2.56. The first-order chi connectivity index (χ1) is 13.1. The fourth-order valence-corrected chi connectivity index (χ4v) is 3.20. The van der Waals surface area contributed by atoms with Crippen LogP contribution in [0.5, 0.6) is 0 Å². The van der Waals surface area contributed by atoms with E-state index >= 15 is 0 Å². The Morgan fingerprint density at radius 2 is 2.00 bits per heavy atom. The van der Waals surface area contributed by atoms with E-state index in [-0.39, 0.29) is 12.6 Å². The SMILES string of the molecule is CCOC(=O)c1cccc(NC(=O)C(=O)N2CCCC2c2ccncc2)c1. The van der Waals surface area contributed by atoms with Gasteiger partial charge >= 0.3 is 17.8 Å². The van der Waals surface area contributed by atoms with Crippen molar-refractivity contribution in [2.24, 2.45) is 0 Å². The van der Waals surface area contributed by atoms with Crippen molar-refractivity contribution in [2.75, 3.05) is 18.5 Å². The van der Waals surface area contributed by atoms with E-state index in [2.05, 4.69) is 10.3 Å². The molecule has 1 N–H and O–H groups in total. The van der Waals surface area contributed by atoms with E-state index in [1.54, 1.807) is 42.4 Å². The summed E-state index contributed by atoms with van der Waals surface area (Å²) in [6, 6.07) is 9.93. The minimum absolute atomic E-state index is 0.128. The highest BCUT2D eigenvalue weighted by Crippen LogP contribution is 2.31. The topological polar surface area (TPSA) is 88.6 Å². The highest BCUT2D eigenvalue weighted by molar-refractivity contribution is 6.39. The highest BCUT2D eigenvalue weighted by Gasteiger charge is 2.33. The van der Waals surface area contributed by atoms with Gasteiger partial charge in [-0.25, -0.2) is 4.79 Å². The van der Waals surface area contributed by atoms with Crippen LogP contribution in [0.3, 0.4) is 0 Å². The summed E-state index contributed by atoms with van der Waals surface area (Å²) in [6.07, 6.45) is 5.00. The van der Waals surface area contributed by atoms with Gasteiger partial charge in [0.25, 0.3) is 0 Å². The maximum Gasteiger partial charge on any atom is 0.338 e. The number of carbonyl (C=O) groups excluding carboxylic acids is 3. The van der Waals surface area contributed by atoms with Crippen LogP contribution in [0, 0.1) is 0 Å². The second-order valence-electron chi connectivity index (χ2n) is 6.19. The Balaban J connectivity index is 1.70. The number of nitrogens with one attached hydrogen (secondary N) is 1. The molecule has 1 unspecified atom stereocenters. The summed E-state index contributed by atoms with van der Waals surface area (Å²) >= 11 is 0. The fraction of sp³-hybridized carbons (Fsp3) is 0.300. The number of ether oxygens (including phenoxy) is 1. The zero-order valence-electron chi connectivity index (χ0n) is 15.1. The lowest BCUT2D eigenvalue weighted by molar-refractivity contribution is -0.143. The van der Waals surface area contributed by atoms with E-state index in [0.29, 0.717) is 17.8 Å². The summed E-state index contributed by atoms with van der Waals surface area (Å²) in [4.78, 5) is 42.5. The first kappa shape index (κ1) is 18.6. The van der Waals surface area contributed by atoms with Gasteiger partial charge in [-0.1, -0.05) is 6.07 Å². The molecular weight excluding hydrogens is 346 g/mol. The van der Waals surface area contributed by atoms with E-state index in [1.807, 2.05) is 12.1 Å². The molecule has 1 aromatic carbocycles. The molecule has 1 aliphatic rings. The van der Waals surface area contributed by atoms with Crippen molar-refractivity contribution in [3.05, 3.63) is 59.9 Å². The van der Waals surface area contributed by atoms with Crippen molar-refractivity contribution in [3.63, 3.8) is 0 Å². The number of hydrogen-bond donors (Lipinski definition) is 1. The normalized spacial score (nSPS) is 16.0. The van der Waals surface area contributed by atoms with Gasteiger partial charge in [-0.15, -0.1) is 0 Å². The number of hydrogen-bond acceptors (Lipinski definition) is 5. The lowest BCUT2D eigenvalue weighted by Crippen LogP contribution is -2.39. The number of likely N-dealkylation sites (tertiary alicyclic amines) is 1. The van der Waals surface area contributed by atoms with Crippen LogP contribution in [0.25, 0.3) is 0 Å².